The molecule has 84 valence electrons. The molecule has 3 amide bonds. The molecule has 0 saturated carbocycles. The van der Waals surface area contributed by atoms with Gasteiger partial charge in [0.1, 0.15) is 6.04 Å². The number of nitrogens with one attached hydrogen (secondary N) is 2. The van der Waals surface area contributed by atoms with Gasteiger partial charge in [-0.15, -0.1) is 0 Å². The number of hydrogen-bond acceptors (Lipinski definition) is 4. The summed E-state index contributed by atoms with van der Waals surface area (Å²) >= 11 is 0. The van der Waals surface area contributed by atoms with Gasteiger partial charge in [-0.05, 0) is 19.3 Å². The van der Waals surface area contributed by atoms with Gasteiger partial charge in [0.05, 0.1) is 13.2 Å². The molecular formula is C9H14N2O4. The van der Waals surface area contributed by atoms with Gasteiger partial charge in [0.2, 0.25) is 0 Å². The number of hydrogen-bond donors (Lipinski definition) is 2. The second-order valence-corrected chi connectivity index (χ2v) is 3.62. The Morgan fingerprint density at radius 1 is 1.20 bits per heavy atom. The Hall–Kier alpha value is -1.14. The number of rotatable bonds is 4. The molecule has 2 heterocycles. The van der Waals surface area contributed by atoms with E-state index < -0.39 is 6.03 Å². The maximum Gasteiger partial charge on any atom is 0.322 e. The van der Waals surface area contributed by atoms with Crippen LogP contribution in [-0.4, -0.2) is 37.5 Å². The first-order chi connectivity index (χ1) is 7.25. The minimum absolute atomic E-state index is 0.134. The zero-order chi connectivity index (χ0) is 10.7. The van der Waals surface area contributed by atoms with E-state index in [2.05, 4.69) is 10.6 Å². The van der Waals surface area contributed by atoms with E-state index in [4.69, 9.17) is 9.47 Å². The van der Waals surface area contributed by atoms with Crippen molar-refractivity contribution in [3.05, 3.63) is 0 Å². The van der Waals surface area contributed by atoms with Crippen molar-refractivity contribution in [1.82, 2.24) is 10.6 Å². The number of urea groups is 1. The van der Waals surface area contributed by atoms with Gasteiger partial charge in [-0.3, -0.25) is 10.1 Å². The Kier molecular flexibility index (Phi) is 3.17. The Bertz CT molecular complexity index is 263. The van der Waals surface area contributed by atoms with Crippen molar-refractivity contribution in [2.45, 2.75) is 31.6 Å². The third-order valence-corrected chi connectivity index (χ3v) is 2.48. The summed E-state index contributed by atoms with van der Waals surface area (Å²) in [5.41, 5.74) is 0. The highest BCUT2D eigenvalue weighted by Gasteiger charge is 2.29. The van der Waals surface area contributed by atoms with Crippen molar-refractivity contribution in [1.29, 1.82) is 0 Å². The van der Waals surface area contributed by atoms with Crippen LogP contribution in [0.3, 0.4) is 0 Å². The molecule has 0 radical (unpaired) electrons. The second kappa shape index (κ2) is 4.59. The zero-order valence-electron chi connectivity index (χ0n) is 8.32. The van der Waals surface area contributed by atoms with Gasteiger partial charge in [0.15, 0.2) is 6.29 Å². The summed E-state index contributed by atoms with van der Waals surface area (Å²) in [5.74, 6) is -0.242. The lowest BCUT2D eigenvalue weighted by atomic mass is 10.1. The quantitative estimate of drug-likeness (QED) is 0.632. The number of carbonyl (C=O) groups is 2. The molecule has 15 heavy (non-hydrogen) atoms. The number of imide groups is 1. The van der Waals surface area contributed by atoms with Crippen molar-refractivity contribution in [3.63, 3.8) is 0 Å². The van der Waals surface area contributed by atoms with Crippen LogP contribution in [0, 0.1) is 0 Å². The monoisotopic (exact) mass is 214 g/mol. The number of amides is 3. The Labute approximate surface area is 87.3 Å². The fraction of sp³-hybridized carbons (Fsp3) is 0.778. The van der Waals surface area contributed by atoms with E-state index in [1.165, 1.54) is 0 Å². The smallest absolute Gasteiger partial charge is 0.322 e. The average molecular weight is 214 g/mol. The summed E-state index contributed by atoms with van der Waals surface area (Å²) in [6.07, 6.45) is 2.05. The lowest BCUT2D eigenvalue weighted by molar-refractivity contribution is -0.120. The minimum Gasteiger partial charge on any atom is -0.350 e. The van der Waals surface area contributed by atoms with Crippen molar-refractivity contribution in [2.75, 3.05) is 13.2 Å². The Morgan fingerprint density at radius 2 is 1.93 bits per heavy atom. The van der Waals surface area contributed by atoms with Gasteiger partial charge in [-0.2, -0.15) is 0 Å². The Morgan fingerprint density at radius 3 is 2.53 bits per heavy atom. The van der Waals surface area contributed by atoms with E-state index in [0.29, 0.717) is 19.6 Å². The molecule has 2 aliphatic heterocycles. The van der Waals surface area contributed by atoms with E-state index in [9.17, 15) is 9.59 Å². The van der Waals surface area contributed by atoms with Crippen LogP contribution in [0.2, 0.25) is 0 Å². The van der Waals surface area contributed by atoms with Crippen LogP contribution >= 0.6 is 0 Å². The van der Waals surface area contributed by atoms with Gasteiger partial charge >= 0.3 is 6.03 Å². The van der Waals surface area contributed by atoms with Crippen LogP contribution in [0.4, 0.5) is 4.79 Å². The molecule has 1 unspecified atom stereocenters. The molecule has 1 atom stereocenters. The lowest BCUT2D eigenvalue weighted by Gasteiger charge is -2.10. The summed E-state index contributed by atoms with van der Waals surface area (Å²) in [5, 5.41) is 4.74. The fourth-order valence-corrected chi connectivity index (χ4v) is 1.72. The fourth-order valence-electron chi connectivity index (χ4n) is 1.72. The topological polar surface area (TPSA) is 76.7 Å². The Balaban J connectivity index is 1.65. The van der Waals surface area contributed by atoms with E-state index in [1.807, 2.05) is 0 Å². The summed E-state index contributed by atoms with van der Waals surface area (Å²) in [6.45, 7) is 1.29. The standard InChI is InChI=1S/C9H14N2O4/c12-8-6(10-9(13)11-8)2-1-3-7-14-4-5-15-7/h6-7H,1-5H2,(H2,10,11,12,13). The molecule has 0 aromatic rings. The highest BCUT2D eigenvalue weighted by atomic mass is 16.7. The summed E-state index contributed by atoms with van der Waals surface area (Å²) in [7, 11) is 0. The molecule has 2 aliphatic rings. The summed E-state index contributed by atoms with van der Waals surface area (Å²) in [6, 6.07) is -0.794. The normalized spacial score (nSPS) is 26.8. The average Bonchev–Trinajstić information content (AvgIpc) is 2.77. The van der Waals surface area contributed by atoms with Crippen LogP contribution in [0.25, 0.3) is 0 Å². The maximum absolute atomic E-state index is 11.2. The first kappa shape index (κ1) is 10.4. The molecule has 2 fully saturated rings. The molecular weight excluding hydrogens is 200 g/mol. The van der Waals surface area contributed by atoms with Crippen molar-refractivity contribution in [2.24, 2.45) is 0 Å². The number of ether oxygens (including phenoxy) is 2. The molecule has 0 bridgehead atoms. The van der Waals surface area contributed by atoms with Gasteiger partial charge in [0.25, 0.3) is 5.91 Å². The highest BCUT2D eigenvalue weighted by molar-refractivity contribution is 6.04. The van der Waals surface area contributed by atoms with Crippen molar-refractivity contribution >= 4 is 11.9 Å². The van der Waals surface area contributed by atoms with Crippen molar-refractivity contribution < 1.29 is 19.1 Å². The first-order valence-corrected chi connectivity index (χ1v) is 5.10. The third kappa shape index (κ3) is 2.66. The predicted octanol–water partition coefficient (Wildman–Crippen LogP) is -0.262. The van der Waals surface area contributed by atoms with Crippen LogP contribution in [0.1, 0.15) is 19.3 Å². The molecule has 6 nitrogen and oxygen atoms in total. The SMILES string of the molecule is O=C1NC(=O)C(CCCC2OCCO2)N1. The summed E-state index contributed by atoms with van der Waals surface area (Å²) in [4.78, 5) is 21.9. The van der Waals surface area contributed by atoms with Gasteiger partial charge in [-0.25, -0.2) is 4.79 Å². The van der Waals surface area contributed by atoms with E-state index in [-0.39, 0.29) is 18.2 Å². The van der Waals surface area contributed by atoms with Crippen molar-refractivity contribution in [3.8, 4) is 0 Å². The predicted molar refractivity (Wildman–Crippen MR) is 50.0 cm³/mol. The van der Waals surface area contributed by atoms with Gasteiger partial charge < -0.3 is 14.8 Å². The molecule has 0 aromatic heterocycles. The number of carbonyl (C=O) groups excluding carboxylic acids is 2. The molecule has 2 N–H and O–H groups in total. The second-order valence-electron chi connectivity index (χ2n) is 3.62. The highest BCUT2D eigenvalue weighted by Crippen LogP contribution is 2.13. The summed E-state index contributed by atoms with van der Waals surface area (Å²) < 4.78 is 10.5. The van der Waals surface area contributed by atoms with E-state index in [1.54, 1.807) is 0 Å². The zero-order valence-corrected chi connectivity index (χ0v) is 8.32. The molecule has 2 rings (SSSR count). The van der Waals surface area contributed by atoms with Crippen LogP contribution < -0.4 is 10.6 Å². The molecule has 2 saturated heterocycles. The van der Waals surface area contributed by atoms with Crippen LogP contribution in [0.5, 0.6) is 0 Å². The molecule has 6 heteroatoms. The van der Waals surface area contributed by atoms with Crippen LogP contribution in [-0.2, 0) is 14.3 Å². The van der Waals surface area contributed by atoms with E-state index >= 15 is 0 Å². The molecule has 0 aliphatic carbocycles. The van der Waals surface area contributed by atoms with Gasteiger partial charge in [-0.1, -0.05) is 0 Å². The molecule has 0 spiro atoms. The third-order valence-electron chi connectivity index (χ3n) is 2.48. The van der Waals surface area contributed by atoms with E-state index in [0.717, 1.165) is 12.8 Å². The molecule has 0 aromatic carbocycles. The maximum atomic E-state index is 11.2. The minimum atomic E-state index is -0.404. The van der Waals surface area contributed by atoms with Crippen LogP contribution in [0.15, 0.2) is 0 Å². The largest absolute Gasteiger partial charge is 0.350 e. The lowest BCUT2D eigenvalue weighted by Crippen LogP contribution is -2.28. The first-order valence-electron chi connectivity index (χ1n) is 5.10. The van der Waals surface area contributed by atoms with Gasteiger partial charge in [0, 0.05) is 0 Å².